The van der Waals surface area contributed by atoms with E-state index in [9.17, 15) is 9.59 Å². The van der Waals surface area contributed by atoms with Gasteiger partial charge >= 0.3 is 0 Å². The van der Waals surface area contributed by atoms with Crippen LogP contribution in [0.1, 0.15) is 25.3 Å². The Balaban J connectivity index is 1.56. The number of hydrogen-bond acceptors (Lipinski definition) is 4. The van der Waals surface area contributed by atoms with Gasteiger partial charge < -0.3 is 19.7 Å². The highest BCUT2D eigenvalue weighted by molar-refractivity contribution is 5.96. The molecular weight excluding hydrogens is 356 g/mol. The van der Waals surface area contributed by atoms with Crippen molar-refractivity contribution in [3.05, 3.63) is 54.1 Å². The molecule has 0 aromatic heterocycles. The van der Waals surface area contributed by atoms with Gasteiger partial charge in [-0.05, 0) is 55.3 Å². The highest BCUT2D eigenvalue weighted by Crippen LogP contribution is 2.28. The summed E-state index contributed by atoms with van der Waals surface area (Å²) in [6, 6.07) is 12.8. The number of methoxy groups -OCH3 is 1. The molecule has 0 saturated carbocycles. The van der Waals surface area contributed by atoms with Gasteiger partial charge in [0.1, 0.15) is 0 Å². The molecule has 2 aromatic carbocycles. The number of nitrogens with one attached hydrogen (secondary N) is 1. The van der Waals surface area contributed by atoms with Crippen molar-refractivity contribution in [2.75, 3.05) is 30.5 Å². The van der Waals surface area contributed by atoms with Gasteiger partial charge in [0.05, 0.1) is 7.11 Å². The predicted molar refractivity (Wildman–Crippen MR) is 110 cm³/mol. The smallest absolute Gasteiger partial charge is 0.262 e. The number of hydrogen-bond donors (Lipinski definition) is 1. The number of benzene rings is 2. The first-order valence-electron chi connectivity index (χ1n) is 9.24. The van der Waals surface area contributed by atoms with Crippen LogP contribution in [-0.4, -0.2) is 32.1 Å². The van der Waals surface area contributed by atoms with Gasteiger partial charge in [-0.15, -0.1) is 0 Å². The number of allylic oxidation sites excluding steroid dienone is 1. The summed E-state index contributed by atoms with van der Waals surface area (Å²) in [5.41, 5.74) is 2.50. The first-order chi connectivity index (χ1) is 13.6. The van der Waals surface area contributed by atoms with E-state index in [1.165, 1.54) is 0 Å². The fraction of sp³-hybridized carbons (Fsp3) is 0.273. The molecule has 1 aliphatic heterocycles. The second kappa shape index (κ2) is 9.08. The van der Waals surface area contributed by atoms with Crippen LogP contribution in [0.15, 0.2) is 48.5 Å². The molecule has 3 rings (SSSR count). The summed E-state index contributed by atoms with van der Waals surface area (Å²) in [6.07, 6.45) is 5.37. The zero-order valence-electron chi connectivity index (χ0n) is 16.1. The first kappa shape index (κ1) is 19.5. The van der Waals surface area contributed by atoms with Gasteiger partial charge in [0.2, 0.25) is 5.91 Å². The molecule has 0 radical (unpaired) electrons. The van der Waals surface area contributed by atoms with E-state index in [0.29, 0.717) is 23.6 Å². The van der Waals surface area contributed by atoms with Crippen LogP contribution in [0, 0.1) is 0 Å². The van der Waals surface area contributed by atoms with Gasteiger partial charge in [0, 0.05) is 24.3 Å². The molecule has 1 heterocycles. The van der Waals surface area contributed by atoms with Gasteiger partial charge in [0.15, 0.2) is 18.1 Å². The molecule has 1 fully saturated rings. The van der Waals surface area contributed by atoms with Crippen LogP contribution < -0.4 is 19.7 Å². The van der Waals surface area contributed by atoms with Gasteiger partial charge in [-0.1, -0.05) is 18.2 Å². The van der Waals surface area contributed by atoms with Crippen LogP contribution in [0.3, 0.4) is 0 Å². The van der Waals surface area contributed by atoms with Crippen molar-refractivity contribution >= 4 is 29.3 Å². The zero-order valence-corrected chi connectivity index (χ0v) is 16.1. The number of carbonyl (C=O) groups excluding carboxylic acids is 2. The minimum atomic E-state index is -0.274. The minimum Gasteiger partial charge on any atom is -0.493 e. The summed E-state index contributed by atoms with van der Waals surface area (Å²) in [6.45, 7) is 2.55. The third-order valence-corrected chi connectivity index (χ3v) is 4.44. The molecule has 2 aromatic rings. The lowest BCUT2D eigenvalue weighted by Crippen LogP contribution is -2.23. The Morgan fingerprint density at radius 2 is 1.96 bits per heavy atom. The molecule has 0 aliphatic carbocycles. The van der Waals surface area contributed by atoms with E-state index in [2.05, 4.69) is 5.32 Å². The lowest BCUT2D eigenvalue weighted by atomic mass is 10.2. The molecule has 1 N–H and O–H groups in total. The summed E-state index contributed by atoms with van der Waals surface area (Å²) >= 11 is 0. The van der Waals surface area contributed by atoms with Crippen molar-refractivity contribution in [1.82, 2.24) is 0 Å². The molecule has 2 amide bonds. The van der Waals surface area contributed by atoms with Crippen molar-refractivity contribution in [2.45, 2.75) is 19.8 Å². The average molecular weight is 380 g/mol. The Kier molecular flexibility index (Phi) is 6.32. The number of amides is 2. The largest absolute Gasteiger partial charge is 0.493 e. The summed E-state index contributed by atoms with van der Waals surface area (Å²) in [5.74, 6) is 0.945. The van der Waals surface area contributed by atoms with Gasteiger partial charge in [-0.3, -0.25) is 9.59 Å². The number of nitrogens with zero attached hydrogens (tertiary/aromatic N) is 1. The lowest BCUT2D eigenvalue weighted by molar-refractivity contribution is -0.118. The van der Waals surface area contributed by atoms with E-state index in [-0.39, 0.29) is 18.4 Å². The van der Waals surface area contributed by atoms with Crippen molar-refractivity contribution in [3.63, 3.8) is 0 Å². The van der Waals surface area contributed by atoms with E-state index in [1.807, 2.05) is 43.3 Å². The standard InChI is InChI=1S/C22H24N2O4/c1-3-5-16-7-12-19(20(14-16)27-2)28-15-21(25)23-17-8-10-18(11-9-17)24-13-4-6-22(24)26/h3,5,7-12,14H,4,6,13,15H2,1-2H3,(H,23,25). The molecular formula is C22H24N2O4. The van der Waals surface area contributed by atoms with Crippen LogP contribution >= 0.6 is 0 Å². The topological polar surface area (TPSA) is 67.9 Å². The summed E-state index contributed by atoms with van der Waals surface area (Å²) in [5, 5.41) is 2.79. The van der Waals surface area contributed by atoms with E-state index >= 15 is 0 Å². The Morgan fingerprint density at radius 3 is 2.61 bits per heavy atom. The molecule has 1 aliphatic rings. The Labute approximate surface area is 164 Å². The molecule has 1 saturated heterocycles. The SMILES string of the molecule is CC=Cc1ccc(OCC(=O)Nc2ccc(N3CCCC3=O)cc2)c(OC)c1. The van der Waals surface area contributed by atoms with Crippen LogP contribution in [0.2, 0.25) is 0 Å². The Bertz CT molecular complexity index is 875. The maximum Gasteiger partial charge on any atom is 0.262 e. The average Bonchev–Trinajstić information content (AvgIpc) is 3.13. The maximum absolute atomic E-state index is 12.2. The molecule has 0 bridgehead atoms. The van der Waals surface area contributed by atoms with Gasteiger partial charge in [0.25, 0.3) is 5.91 Å². The molecule has 6 heteroatoms. The fourth-order valence-corrected chi connectivity index (χ4v) is 3.09. The number of rotatable bonds is 7. The van der Waals surface area contributed by atoms with Crippen molar-refractivity contribution < 1.29 is 19.1 Å². The van der Waals surface area contributed by atoms with Crippen molar-refractivity contribution in [3.8, 4) is 11.5 Å². The monoisotopic (exact) mass is 380 g/mol. The highest BCUT2D eigenvalue weighted by atomic mass is 16.5. The fourth-order valence-electron chi connectivity index (χ4n) is 3.09. The second-order valence-corrected chi connectivity index (χ2v) is 6.44. The zero-order chi connectivity index (χ0) is 19.9. The van der Waals surface area contributed by atoms with Crippen molar-refractivity contribution in [2.24, 2.45) is 0 Å². The number of carbonyl (C=O) groups is 2. The van der Waals surface area contributed by atoms with Crippen LogP contribution in [0.5, 0.6) is 11.5 Å². The van der Waals surface area contributed by atoms with Gasteiger partial charge in [-0.2, -0.15) is 0 Å². The Hall–Kier alpha value is -3.28. The second-order valence-electron chi connectivity index (χ2n) is 6.44. The first-order valence-corrected chi connectivity index (χ1v) is 9.24. The van der Waals surface area contributed by atoms with E-state index in [4.69, 9.17) is 9.47 Å². The van der Waals surface area contributed by atoms with Crippen LogP contribution in [0.4, 0.5) is 11.4 Å². The maximum atomic E-state index is 12.2. The molecule has 6 nitrogen and oxygen atoms in total. The summed E-state index contributed by atoms with van der Waals surface area (Å²) < 4.78 is 10.9. The third kappa shape index (κ3) is 4.71. The van der Waals surface area contributed by atoms with E-state index < -0.39 is 0 Å². The highest BCUT2D eigenvalue weighted by Gasteiger charge is 2.21. The lowest BCUT2D eigenvalue weighted by Gasteiger charge is -2.16. The third-order valence-electron chi connectivity index (χ3n) is 4.44. The molecule has 0 atom stereocenters. The van der Waals surface area contributed by atoms with Crippen LogP contribution in [-0.2, 0) is 9.59 Å². The molecule has 0 spiro atoms. The van der Waals surface area contributed by atoms with Crippen LogP contribution in [0.25, 0.3) is 6.08 Å². The van der Waals surface area contributed by atoms with E-state index in [1.54, 1.807) is 30.2 Å². The summed E-state index contributed by atoms with van der Waals surface area (Å²) in [4.78, 5) is 25.8. The number of anilines is 2. The minimum absolute atomic E-state index is 0.133. The number of ether oxygens (including phenoxy) is 2. The van der Waals surface area contributed by atoms with Crippen molar-refractivity contribution in [1.29, 1.82) is 0 Å². The molecule has 28 heavy (non-hydrogen) atoms. The van der Waals surface area contributed by atoms with Gasteiger partial charge in [-0.25, -0.2) is 0 Å². The Morgan fingerprint density at radius 1 is 1.18 bits per heavy atom. The quantitative estimate of drug-likeness (QED) is 0.792. The summed E-state index contributed by atoms with van der Waals surface area (Å²) in [7, 11) is 1.56. The van der Waals surface area contributed by atoms with E-state index in [0.717, 1.165) is 24.2 Å². The molecule has 146 valence electrons. The normalized spacial score (nSPS) is 13.8. The predicted octanol–water partition coefficient (Wildman–Crippen LogP) is 3.87. The molecule has 0 unspecified atom stereocenters.